The van der Waals surface area contributed by atoms with Crippen LogP contribution in [0.15, 0.2) is 16.7 Å². The minimum absolute atomic E-state index is 0.307. The standard InChI is InChI=1S/C13H19BrN2O/c1-2-9-4-3-5-11(6-9)17-13-12(14)7-10(15)8-16-13/h7-9,11H,2-6,15H2,1H3. The van der Waals surface area contributed by atoms with Gasteiger partial charge in [0.1, 0.15) is 6.10 Å². The molecule has 2 N–H and O–H groups in total. The molecule has 1 fully saturated rings. The molecule has 0 spiro atoms. The number of nitrogen functional groups attached to an aromatic ring is 1. The van der Waals surface area contributed by atoms with Gasteiger partial charge in [-0.3, -0.25) is 0 Å². The van der Waals surface area contributed by atoms with E-state index in [0.717, 1.165) is 23.2 Å². The van der Waals surface area contributed by atoms with Gasteiger partial charge in [0.15, 0.2) is 0 Å². The Morgan fingerprint density at radius 2 is 2.35 bits per heavy atom. The van der Waals surface area contributed by atoms with E-state index < -0.39 is 0 Å². The van der Waals surface area contributed by atoms with Gasteiger partial charge in [0.25, 0.3) is 0 Å². The molecule has 3 nitrogen and oxygen atoms in total. The number of rotatable bonds is 3. The number of ether oxygens (including phenoxy) is 1. The van der Waals surface area contributed by atoms with Crippen LogP contribution >= 0.6 is 15.9 Å². The highest BCUT2D eigenvalue weighted by molar-refractivity contribution is 9.10. The molecule has 17 heavy (non-hydrogen) atoms. The Morgan fingerprint density at radius 1 is 1.53 bits per heavy atom. The summed E-state index contributed by atoms with van der Waals surface area (Å²) in [6, 6.07) is 1.84. The number of aromatic nitrogens is 1. The van der Waals surface area contributed by atoms with Crippen molar-refractivity contribution in [3.05, 3.63) is 16.7 Å². The van der Waals surface area contributed by atoms with Crippen LogP contribution in [0.1, 0.15) is 39.0 Å². The lowest BCUT2D eigenvalue weighted by Gasteiger charge is -2.28. The van der Waals surface area contributed by atoms with Crippen molar-refractivity contribution in [2.24, 2.45) is 5.92 Å². The van der Waals surface area contributed by atoms with Crippen LogP contribution in [0.5, 0.6) is 5.88 Å². The van der Waals surface area contributed by atoms with Gasteiger partial charge in [-0.2, -0.15) is 0 Å². The Hall–Kier alpha value is -0.770. The lowest BCUT2D eigenvalue weighted by molar-refractivity contribution is 0.116. The molecule has 0 bridgehead atoms. The van der Waals surface area contributed by atoms with Crippen molar-refractivity contribution in [1.29, 1.82) is 0 Å². The lowest BCUT2D eigenvalue weighted by Crippen LogP contribution is -2.25. The average molecular weight is 299 g/mol. The van der Waals surface area contributed by atoms with Gasteiger partial charge in [0.05, 0.1) is 16.4 Å². The van der Waals surface area contributed by atoms with E-state index in [-0.39, 0.29) is 0 Å². The molecule has 2 unspecified atom stereocenters. The Kier molecular flexibility index (Phi) is 4.26. The highest BCUT2D eigenvalue weighted by atomic mass is 79.9. The van der Waals surface area contributed by atoms with E-state index in [2.05, 4.69) is 27.8 Å². The van der Waals surface area contributed by atoms with Crippen molar-refractivity contribution in [3.8, 4) is 5.88 Å². The first-order valence-electron chi connectivity index (χ1n) is 6.26. The van der Waals surface area contributed by atoms with Crippen molar-refractivity contribution in [3.63, 3.8) is 0 Å². The summed E-state index contributed by atoms with van der Waals surface area (Å²) in [6.07, 6.45) is 8.07. The second-order valence-electron chi connectivity index (χ2n) is 4.74. The van der Waals surface area contributed by atoms with Gasteiger partial charge in [-0.25, -0.2) is 4.98 Å². The van der Waals surface area contributed by atoms with Crippen LogP contribution in [0.25, 0.3) is 0 Å². The Morgan fingerprint density at radius 3 is 3.06 bits per heavy atom. The number of halogens is 1. The molecule has 1 aliphatic carbocycles. The van der Waals surface area contributed by atoms with E-state index in [1.807, 2.05) is 6.07 Å². The van der Waals surface area contributed by atoms with Crippen molar-refractivity contribution in [1.82, 2.24) is 4.98 Å². The molecule has 94 valence electrons. The zero-order valence-corrected chi connectivity index (χ0v) is 11.7. The molecule has 1 saturated carbocycles. The molecule has 0 aliphatic heterocycles. The van der Waals surface area contributed by atoms with Crippen molar-refractivity contribution < 1.29 is 4.74 Å². The van der Waals surface area contributed by atoms with Crippen LogP contribution in [-0.2, 0) is 0 Å². The maximum Gasteiger partial charge on any atom is 0.228 e. The van der Waals surface area contributed by atoms with Crippen molar-refractivity contribution in [2.75, 3.05) is 5.73 Å². The van der Waals surface area contributed by atoms with Gasteiger partial charge >= 0.3 is 0 Å². The highest BCUT2D eigenvalue weighted by Crippen LogP contribution is 2.31. The van der Waals surface area contributed by atoms with Crippen LogP contribution in [0.3, 0.4) is 0 Å². The number of nitrogens with zero attached hydrogens (tertiary/aromatic N) is 1. The van der Waals surface area contributed by atoms with Gasteiger partial charge < -0.3 is 10.5 Å². The number of nitrogens with two attached hydrogens (primary N) is 1. The first kappa shape index (κ1) is 12.7. The van der Waals surface area contributed by atoms with Gasteiger partial charge in [-0.05, 0) is 47.2 Å². The minimum atomic E-state index is 0.307. The third-order valence-corrected chi connectivity index (χ3v) is 3.99. The SMILES string of the molecule is CCC1CCCC(Oc2ncc(N)cc2Br)C1. The number of anilines is 1. The second kappa shape index (κ2) is 5.71. The van der Waals surface area contributed by atoms with E-state index >= 15 is 0 Å². The van der Waals surface area contributed by atoms with Crippen LogP contribution in [0.2, 0.25) is 0 Å². The maximum absolute atomic E-state index is 5.96. The molecule has 1 aliphatic rings. The fourth-order valence-corrected chi connectivity index (χ4v) is 2.86. The molecule has 0 radical (unpaired) electrons. The third kappa shape index (κ3) is 3.35. The van der Waals surface area contributed by atoms with E-state index in [4.69, 9.17) is 10.5 Å². The molecule has 1 aromatic rings. The molecule has 4 heteroatoms. The first-order chi connectivity index (χ1) is 8.19. The second-order valence-corrected chi connectivity index (χ2v) is 5.59. The van der Waals surface area contributed by atoms with Gasteiger partial charge in [0.2, 0.25) is 5.88 Å². The smallest absolute Gasteiger partial charge is 0.228 e. The van der Waals surface area contributed by atoms with Crippen LogP contribution in [0.4, 0.5) is 5.69 Å². The van der Waals surface area contributed by atoms with Gasteiger partial charge in [-0.1, -0.05) is 19.8 Å². The summed E-state index contributed by atoms with van der Waals surface area (Å²) in [5.41, 5.74) is 6.31. The van der Waals surface area contributed by atoms with Gasteiger partial charge in [0, 0.05) is 0 Å². The molecule has 0 saturated heterocycles. The summed E-state index contributed by atoms with van der Waals surface area (Å²) in [5.74, 6) is 1.47. The summed E-state index contributed by atoms with van der Waals surface area (Å²) < 4.78 is 6.80. The topological polar surface area (TPSA) is 48.1 Å². The van der Waals surface area contributed by atoms with E-state index in [1.165, 1.54) is 19.3 Å². The predicted molar refractivity (Wildman–Crippen MR) is 73.0 cm³/mol. The first-order valence-corrected chi connectivity index (χ1v) is 7.06. The Balaban J connectivity index is 2.00. The quantitative estimate of drug-likeness (QED) is 0.924. The zero-order valence-electron chi connectivity index (χ0n) is 10.2. The Labute approximate surface area is 111 Å². The average Bonchev–Trinajstić information content (AvgIpc) is 2.33. The normalized spacial score (nSPS) is 24.6. The fraction of sp³-hybridized carbons (Fsp3) is 0.615. The lowest BCUT2D eigenvalue weighted by atomic mass is 9.85. The molecule has 0 amide bonds. The van der Waals surface area contributed by atoms with Crippen LogP contribution in [-0.4, -0.2) is 11.1 Å². The monoisotopic (exact) mass is 298 g/mol. The van der Waals surface area contributed by atoms with E-state index in [1.54, 1.807) is 6.20 Å². The summed E-state index contributed by atoms with van der Waals surface area (Å²) >= 11 is 3.44. The van der Waals surface area contributed by atoms with E-state index in [0.29, 0.717) is 17.7 Å². The third-order valence-electron chi connectivity index (χ3n) is 3.42. The largest absolute Gasteiger partial charge is 0.474 e. The molecule has 1 aromatic heterocycles. The molecule has 2 rings (SSSR count). The summed E-state index contributed by atoms with van der Waals surface area (Å²) in [5, 5.41) is 0. The molecule has 0 aromatic carbocycles. The van der Waals surface area contributed by atoms with Gasteiger partial charge in [-0.15, -0.1) is 0 Å². The molecular weight excluding hydrogens is 280 g/mol. The van der Waals surface area contributed by atoms with Crippen molar-refractivity contribution in [2.45, 2.75) is 45.1 Å². The van der Waals surface area contributed by atoms with Crippen LogP contribution in [0, 0.1) is 5.92 Å². The Bertz CT molecular complexity index is 384. The summed E-state index contributed by atoms with van der Waals surface area (Å²) in [4.78, 5) is 4.23. The number of hydrogen-bond acceptors (Lipinski definition) is 3. The van der Waals surface area contributed by atoms with Crippen LogP contribution < -0.4 is 10.5 Å². The predicted octanol–water partition coefficient (Wildman–Crippen LogP) is 3.77. The molecular formula is C13H19BrN2O. The molecule has 2 atom stereocenters. The number of hydrogen-bond donors (Lipinski definition) is 1. The minimum Gasteiger partial charge on any atom is -0.474 e. The van der Waals surface area contributed by atoms with E-state index in [9.17, 15) is 0 Å². The maximum atomic E-state index is 5.96. The highest BCUT2D eigenvalue weighted by Gasteiger charge is 2.23. The summed E-state index contributed by atoms with van der Waals surface area (Å²) in [7, 11) is 0. The zero-order chi connectivity index (χ0) is 12.3. The van der Waals surface area contributed by atoms with Crippen molar-refractivity contribution >= 4 is 21.6 Å². The summed E-state index contributed by atoms with van der Waals surface area (Å²) in [6.45, 7) is 2.25. The number of pyridine rings is 1. The molecule has 1 heterocycles. The fourth-order valence-electron chi connectivity index (χ4n) is 2.40.